The van der Waals surface area contributed by atoms with Crippen molar-refractivity contribution in [1.82, 2.24) is 4.98 Å². The predicted molar refractivity (Wildman–Crippen MR) is 91.9 cm³/mol. The van der Waals surface area contributed by atoms with Crippen LogP contribution < -0.4 is 0 Å². The molecule has 22 heavy (non-hydrogen) atoms. The van der Waals surface area contributed by atoms with Crippen molar-refractivity contribution in [2.45, 2.75) is 0 Å². The molecule has 1 heterocycles. The second-order valence-corrected chi connectivity index (χ2v) is 4.80. The van der Waals surface area contributed by atoms with E-state index in [-0.39, 0.29) is 0 Å². The molecule has 0 saturated carbocycles. The van der Waals surface area contributed by atoms with Crippen LogP contribution in [-0.2, 0) is 0 Å². The Labute approximate surface area is 131 Å². The van der Waals surface area contributed by atoms with Crippen molar-refractivity contribution in [2.24, 2.45) is 0 Å². The molecule has 3 aromatic rings. The minimum absolute atomic E-state index is 0.884. The first-order valence-corrected chi connectivity index (χ1v) is 7.17. The molecular weight excluding hydrogens is 266 g/mol. The summed E-state index contributed by atoms with van der Waals surface area (Å²) in [5, 5.41) is 0. The molecule has 1 heteroatoms. The normalized spacial score (nSPS) is 10.6. The van der Waals surface area contributed by atoms with Crippen LogP contribution in [0.1, 0.15) is 16.8 Å². The fourth-order valence-electron chi connectivity index (χ4n) is 2.07. The van der Waals surface area contributed by atoms with Gasteiger partial charge in [-0.1, -0.05) is 66.4 Å². The van der Waals surface area contributed by atoms with Crippen LogP contribution in [0.3, 0.4) is 0 Å². The largest absolute Gasteiger partial charge is 0.256 e. The number of pyridine rings is 1. The van der Waals surface area contributed by atoms with E-state index in [1.54, 1.807) is 6.20 Å². The van der Waals surface area contributed by atoms with Crippen molar-refractivity contribution in [2.75, 3.05) is 0 Å². The lowest BCUT2D eigenvalue weighted by molar-refractivity contribution is 1.29. The fourth-order valence-corrected chi connectivity index (χ4v) is 2.07. The maximum Gasteiger partial charge on any atom is 0.0786 e. The van der Waals surface area contributed by atoms with Gasteiger partial charge in [-0.25, -0.2) is 0 Å². The first-order chi connectivity index (χ1) is 10.9. The topological polar surface area (TPSA) is 12.9 Å². The average Bonchev–Trinajstić information content (AvgIpc) is 2.61. The molecule has 0 atom stereocenters. The Morgan fingerprint density at radius 3 is 2.14 bits per heavy atom. The molecule has 104 valence electrons. The zero-order valence-electron chi connectivity index (χ0n) is 12.1. The highest BCUT2D eigenvalue weighted by Crippen LogP contribution is 2.15. The monoisotopic (exact) mass is 281 g/mol. The van der Waals surface area contributed by atoms with Gasteiger partial charge in [0.2, 0.25) is 0 Å². The maximum atomic E-state index is 4.42. The Kier molecular flexibility index (Phi) is 4.44. The third kappa shape index (κ3) is 3.71. The first-order valence-electron chi connectivity index (χ1n) is 7.17. The van der Waals surface area contributed by atoms with Crippen LogP contribution in [0.25, 0.3) is 11.6 Å². The Bertz CT molecular complexity index is 807. The third-order valence-corrected chi connectivity index (χ3v) is 3.17. The summed E-state index contributed by atoms with van der Waals surface area (Å²) >= 11 is 0. The SMILES string of the molecule is C(#Cc1ccccc1)/C(=C/c1ccccc1)c1ccccn1. The number of aromatic nitrogens is 1. The molecule has 0 fully saturated rings. The average molecular weight is 281 g/mol. The Morgan fingerprint density at radius 1 is 0.773 bits per heavy atom. The van der Waals surface area contributed by atoms with Gasteiger partial charge in [0.05, 0.1) is 11.3 Å². The summed E-state index contributed by atoms with van der Waals surface area (Å²) in [6.45, 7) is 0. The summed E-state index contributed by atoms with van der Waals surface area (Å²) in [6, 6.07) is 26.0. The summed E-state index contributed by atoms with van der Waals surface area (Å²) < 4.78 is 0. The van der Waals surface area contributed by atoms with E-state index in [4.69, 9.17) is 0 Å². The van der Waals surface area contributed by atoms with E-state index >= 15 is 0 Å². The molecule has 0 aliphatic carbocycles. The molecule has 1 aromatic heterocycles. The molecule has 0 unspecified atom stereocenters. The lowest BCUT2D eigenvalue weighted by atomic mass is 10.1. The smallest absolute Gasteiger partial charge is 0.0786 e. The number of nitrogens with zero attached hydrogens (tertiary/aromatic N) is 1. The molecule has 0 aliphatic rings. The van der Waals surface area contributed by atoms with Crippen molar-refractivity contribution < 1.29 is 0 Å². The van der Waals surface area contributed by atoms with Crippen LogP contribution in [0, 0.1) is 11.8 Å². The molecular formula is C21H15N. The van der Waals surface area contributed by atoms with Crippen LogP contribution in [-0.4, -0.2) is 4.98 Å². The molecule has 0 bridgehead atoms. The van der Waals surface area contributed by atoms with E-state index in [0.717, 1.165) is 22.4 Å². The van der Waals surface area contributed by atoms with Crippen LogP contribution >= 0.6 is 0 Å². The number of hydrogen-bond acceptors (Lipinski definition) is 1. The van der Waals surface area contributed by atoms with Gasteiger partial charge in [0, 0.05) is 11.8 Å². The highest BCUT2D eigenvalue weighted by atomic mass is 14.7. The van der Waals surface area contributed by atoms with E-state index in [9.17, 15) is 0 Å². The molecule has 1 nitrogen and oxygen atoms in total. The number of allylic oxidation sites excluding steroid dienone is 1. The summed E-state index contributed by atoms with van der Waals surface area (Å²) in [6.07, 6.45) is 3.86. The molecule has 0 saturated heterocycles. The van der Waals surface area contributed by atoms with Crippen molar-refractivity contribution in [3.8, 4) is 11.8 Å². The second kappa shape index (κ2) is 7.06. The van der Waals surface area contributed by atoms with E-state index in [2.05, 4.69) is 35.0 Å². The van der Waals surface area contributed by atoms with Gasteiger partial charge < -0.3 is 0 Å². The molecule has 0 N–H and O–H groups in total. The van der Waals surface area contributed by atoms with Gasteiger partial charge in [-0.3, -0.25) is 4.98 Å². The van der Waals surface area contributed by atoms with Crippen molar-refractivity contribution in [3.05, 3.63) is 102 Å². The van der Waals surface area contributed by atoms with E-state index in [1.807, 2.05) is 66.7 Å². The van der Waals surface area contributed by atoms with Gasteiger partial charge in [0.1, 0.15) is 0 Å². The molecule has 0 radical (unpaired) electrons. The number of hydrogen-bond donors (Lipinski definition) is 0. The predicted octanol–water partition coefficient (Wildman–Crippen LogP) is 4.67. The summed E-state index contributed by atoms with van der Waals surface area (Å²) in [5.41, 5.74) is 3.91. The van der Waals surface area contributed by atoms with Gasteiger partial charge in [-0.2, -0.15) is 0 Å². The number of rotatable bonds is 2. The third-order valence-electron chi connectivity index (χ3n) is 3.17. The van der Waals surface area contributed by atoms with E-state index in [1.165, 1.54) is 0 Å². The minimum Gasteiger partial charge on any atom is -0.256 e. The van der Waals surface area contributed by atoms with Gasteiger partial charge in [0.25, 0.3) is 0 Å². The summed E-state index contributed by atoms with van der Waals surface area (Å²) in [7, 11) is 0. The maximum absolute atomic E-state index is 4.42. The van der Waals surface area contributed by atoms with Gasteiger partial charge >= 0.3 is 0 Å². The second-order valence-electron chi connectivity index (χ2n) is 4.80. The first kappa shape index (κ1) is 13.9. The van der Waals surface area contributed by atoms with Crippen LogP contribution in [0.2, 0.25) is 0 Å². The zero-order chi connectivity index (χ0) is 15.0. The zero-order valence-corrected chi connectivity index (χ0v) is 12.1. The van der Waals surface area contributed by atoms with Crippen molar-refractivity contribution >= 4 is 11.6 Å². The Balaban J connectivity index is 2.01. The van der Waals surface area contributed by atoms with Crippen molar-refractivity contribution in [3.63, 3.8) is 0 Å². The van der Waals surface area contributed by atoms with Crippen LogP contribution in [0.5, 0.6) is 0 Å². The molecule has 2 aromatic carbocycles. The van der Waals surface area contributed by atoms with Crippen molar-refractivity contribution in [1.29, 1.82) is 0 Å². The van der Waals surface area contributed by atoms with Crippen LogP contribution in [0.15, 0.2) is 85.1 Å². The Morgan fingerprint density at radius 2 is 1.45 bits per heavy atom. The highest BCUT2D eigenvalue weighted by molar-refractivity contribution is 5.90. The summed E-state index contributed by atoms with van der Waals surface area (Å²) in [4.78, 5) is 4.42. The fraction of sp³-hybridized carbons (Fsp3) is 0. The van der Waals surface area contributed by atoms with Crippen LogP contribution in [0.4, 0.5) is 0 Å². The molecule has 0 spiro atoms. The van der Waals surface area contributed by atoms with E-state index in [0.29, 0.717) is 0 Å². The number of benzene rings is 2. The van der Waals surface area contributed by atoms with E-state index < -0.39 is 0 Å². The lowest BCUT2D eigenvalue weighted by Gasteiger charge is -2.00. The highest BCUT2D eigenvalue weighted by Gasteiger charge is 1.99. The molecule has 3 rings (SSSR count). The Hall–Kier alpha value is -3.11. The lowest BCUT2D eigenvalue weighted by Crippen LogP contribution is -1.86. The van der Waals surface area contributed by atoms with Gasteiger partial charge in [-0.05, 0) is 35.9 Å². The molecule has 0 aliphatic heterocycles. The quantitative estimate of drug-likeness (QED) is 0.622. The minimum atomic E-state index is 0.884. The molecule has 0 amide bonds. The van der Waals surface area contributed by atoms with Gasteiger partial charge in [-0.15, -0.1) is 0 Å². The standard InChI is InChI=1S/C21H15N/c1-3-9-18(10-4-1)14-15-20(21-13-7-8-16-22-21)17-19-11-5-2-6-12-19/h1-13,16-17H/b20-17-. The summed E-state index contributed by atoms with van der Waals surface area (Å²) in [5.74, 6) is 6.45. The van der Waals surface area contributed by atoms with Gasteiger partial charge in [0.15, 0.2) is 0 Å².